The molecule has 0 aliphatic carbocycles. The maximum Gasteiger partial charge on any atom is 0.229 e. The van der Waals surface area contributed by atoms with Crippen LogP contribution in [0.5, 0.6) is 5.75 Å². The molecule has 4 aromatic rings. The molecule has 0 unspecified atom stereocenters. The van der Waals surface area contributed by atoms with Gasteiger partial charge >= 0.3 is 0 Å². The van der Waals surface area contributed by atoms with Gasteiger partial charge in [-0.05, 0) is 62.7 Å². The van der Waals surface area contributed by atoms with Crippen LogP contribution in [0.4, 0.5) is 27.5 Å². The van der Waals surface area contributed by atoms with E-state index in [1.807, 2.05) is 44.2 Å². The first-order valence-corrected chi connectivity index (χ1v) is 10.9. The SMILES string of the molecule is CNC(=O)CCc1[nH]nc2cc(Nc3ncc(F)c(Nc4ccc(OC(C)C)cc4)n3)ccc12. The fraction of sp³-hybridized carbons (Fsp3) is 0.250. The Kier molecular flexibility index (Phi) is 6.86. The number of carbonyl (C=O) groups excluding carboxylic acids is 1. The van der Waals surface area contributed by atoms with E-state index in [-0.39, 0.29) is 23.8 Å². The van der Waals surface area contributed by atoms with Gasteiger partial charge in [0, 0.05) is 35.9 Å². The van der Waals surface area contributed by atoms with Gasteiger partial charge in [-0.15, -0.1) is 0 Å². The molecule has 9 nitrogen and oxygen atoms in total. The zero-order chi connectivity index (χ0) is 24.1. The van der Waals surface area contributed by atoms with Crippen molar-refractivity contribution < 1.29 is 13.9 Å². The summed E-state index contributed by atoms with van der Waals surface area (Å²) in [4.78, 5) is 19.8. The Morgan fingerprint density at radius 1 is 1.12 bits per heavy atom. The van der Waals surface area contributed by atoms with Crippen LogP contribution in [0.2, 0.25) is 0 Å². The van der Waals surface area contributed by atoms with E-state index < -0.39 is 5.82 Å². The third-order valence-corrected chi connectivity index (χ3v) is 5.00. The number of amides is 1. The lowest BCUT2D eigenvalue weighted by molar-refractivity contribution is -0.120. The number of ether oxygens (including phenoxy) is 1. The van der Waals surface area contributed by atoms with E-state index in [1.165, 1.54) is 0 Å². The van der Waals surface area contributed by atoms with E-state index in [0.29, 0.717) is 24.2 Å². The first-order chi connectivity index (χ1) is 16.4. The molecule has 176 valence electrons. The Balaban J connectivity index is 1.47. The maximum atomic E-state index is 14.3. The third-order valence-electron chi connectivity index (χ3n) is 5.00. The molecule has 0 saturated heterocycles. The number of hydrogen-bond donors (Lipinski definition) is 4. The van der Waals surface area contributed by atoms with Crippen LogP contribution < -0.4 is 20.7 Å². The predicted octanol–water partition coefficient (Wildman–Crippen LogP) is 4.45. The molecule has 4 rings (SSSR count). The number of aryl methyl sites for hydroxylation is 1. The van der Waals surface area contributed by atoms with Crippen molar-refractivity contribution in [3.8, 4) is 5.75 Å². The van der Waals surface area contributed by atoms with Gasteiger partial charge in [0.2, 0.25) is 11.9 Å². The minimum atomic E-state index is -0.573. The monoisotopic (exact) mass is 463 g/mol. The van der Waals surface area contributed by atoms with Gasteiger partial charge in [-0.25, -0.2) is 9.37 Å². The minimum absolute atomic E-state index is 0.0289. The van der Waals surface area contributed by atoms with Gasteiger partial charge < -0.3 is 20.7 Å². The molecule has 4 N–H and O–H groups in total. The zero-order valence-electron chi connectivity index (χ0n) is 19.1. The number of hydrogen-bond acceptors (Lipinski definition) is 7. The summed E-state index contributed by atoms with van der Waals surface area (Å²) in [5.41, 5.74) is 2.99. The molecule has 0 atom stereocenters. The summed E-state index contributed by atoms with van der Waals surface area (Å²) in [6.45, 7) is 3.90. The summed E-state index contributed by atoms with van der Waals surface area (Å²) in [6.07, 6.45) is 2.11. The van der Waals surface area contributed by atoms with Crippen molar-refractivity contribution in [3.05, 3.63) is 60.2 Å². The summed E-state index contributed by atoms with van der Waals surface area (Å²) < 4.78 is 20.0. The number of aromatic amines is 1. The second-order valence-corrected chi connectivity index (χ2v) is 7.94. The summed E-state index contributed by atoms with van der Waals surface area (Å²) >= 11 is 0. The van der Waals surface area contributed by atoms with Gasteiger partial charge in [-0.2, -0.15) is 10.1 Å². The van der Waals surface area contributed by atoms with Crippen LogP contribution in [-0.2, 0) is 11.2 Å². The maximum absolute atomic E-state index is 14.3. The van der Waals surface area contributed by atoms with Crippen LogP contribution in [0.25, 0.3) is 10.9 Å². The van der Waals surface area contributed by atoms with Crippen LogP contribution in [0.1, 0.15) is 26.0 Å². The summed E-state index contributed by atoms with van der Waals surface area (Å²) in [7, 11) is 1.61. The highest BCUT2D eigenvalue weighted by Crippen LogP contribution is 2.25. The van der Waals surface area contributed by atoms with Gasteiger partial charge in [-0.3, -0.25) is 9.89 Å². The Morgan fingerprint density at radius 3 is 2.62 bits per heavy atom. The third kappa shape index (κ3) is 5.58. The molecule has 0 radical (unpaired) electrons. The van der Waals surface area contributed by atoms with Gasteiger partial charge in [0.1, 0.15) is 5.75 Å². The molecule has 0 aliphatic rings. The molecule has 2 aromatic carbocycles. The van der Waals surface area contributed by atoms with Crippen molar-refractivity contribution in [2.75, 3.05) is 17.7 Å². The molecule has 0 saturated carbocycles. The van der Waals surface area contributed by atoms with Crippen molar-refractivity contribution in [1.29, 1.82) is 0 Å². The van der Waals surface area contributed by atoms with E-state index in [4.69, 9.17) is 4.74 Å². The molecule has 0 fully saturated rings. The number of carbonyl (C=O) groups is 1. The molecule has 10 heteroatoms. The van der Waals surface area contributed by atoms with Gasteiger partial charge in [0.15, 0.2) is 11.6 Å². The standard InChI is InChI=1S/C24H26FN7O2/c1-14(2)34-17-7-4-15(5-8-17)28-23-19(25)13-27-24(30-23)29-16-6-9-18-20(10-11-22(33)26-3)31-32-21(18)12-16/h4-9,12-14H,10-11H2,1-3H3,(H,26,33)(H,31,32)(H2,27,28,29,30). The summed E-state index contributed by atoms with van der Waals surface area (Å²) in [6, 6.07) is 12.8. The van der Waals surface area contributed by atoms with Crippen LogP contribution in [0.15, 0.2) is 48.7 Å². The highest BCUT2D eigenvalue weighted by Gasteiger charge is 2.11. The van der Waals surface area contributed by atoms with Gasteiger partial charge in [-0.1, -0.05) is 0 Å². The highest BCUT2D eigenvalue weighted by atomic mass is 19.1. The number of nitrogens with zero attached hydrogens (tertiary/aromatic N) is 3. The highest BCUT2D eigenvalue weighted by molar-refractivity contribution is 5.86. The lowest BCUT2D eigenvalue weighted by Gasteiger charge is -2.12. The number of H-pyrrole nitrogens is 1. The zero-order valence-corrected chi connectivity index (χ0v) is 19.1. The first kappa shape index (κ1) is 23.0. The molecule has 2 aromatic heterocycles. The number of halogens is 1. The summed E-state index contributed by atoms with van der Waals surface area (Å²) in [5.74, 6) is 0.415. The van der Waals surface area contributed by atoms with Crippen LogP contribution in [0, 0.1) is 5.82 Å². The number of aromatic nitrogens is 4. The van der Waals surface area contributed by atoms with E-state index in [2.05, 4.69) is 36.1 Å². The fourth-order valence-electron chi connectivity index (χ4n) is 3.37. The van der Waals surface area contributed by atoms with Crippen molar-refractivity contribution >= 4 is 40.0 Å². The lowest BCUT2D eigenvalue weighted by atomic mass is 10.1. The van der Waals surface area contributed by atoms with E-state index in [9.17, 15) is 9.18 Å². The second-order valence-electron chi connectivity index (χ2n) is 7.94. The molecule has 0 spiro atoms. The number of nitrogens with one attached hydrogen (secondary N) is 4. The van der Waals surface area contributed by atoms with Crippen LogP contribution in [-0.4, -0.2) is 39.2 Å². The number of anilines is 4. The van der Waals surface area contributed by atoms with Crippen molar-refractivity contribution in [1.82, 2.24) is 25.5 Å². The fourth-order valence-corrected chi connectivity index (χ4v) is 3.37. The van der Waals surface area contributed by atoms with Crippen LogP contribution >= 0.6 is 0 Å². The van der Waals surface area contributed by atoms with Gasteiger partial charge in [0.05, 0.1) is 17.8 Å². The van der Waals surface area contributed by atoms with Crippen molar-refractivity contribution in [3.63, 3.8) is 0 Å². The largest absolute Gasteiger partial charge is 0.491 e. The Hall–Kier alpha value is -4.21. The lowest BCUT2D eigenvalue weighted by Crippen LogP contribution is -2.18. The predicted molar refractivity (Wildman–Crippen MR) is 129 cm³/mol. The first-order valence-electron chi connectivity index (χ1n) is 10.9. The molecule has 2 heterocycles. The Morgan fingerprint density at radius 2 is 1.88 bits per heavy atom. The molecule has 34 heavy (non-hydrogen) atoms. The Bertz CT molecular complexity index is 1290. The average molecular weight is 464 g/mol. The van der Waals surface area contributed by atoms with Crippen molar-refractivity contribution in [2.45, 2.75) is 32.8 Å². The summed E-state index contributed by atoms with van der Waals surface area (Å²) in [5, 5.41) is 16.9. The normalized spacial score (nSPS) is 11.0. The second kappa shape index (κ2) is 10.2. The quantitative estimate of drug-likeness (QED) is 0.290. The molecular formula is C24H26FN7O2. The van der Waals surface area contributed by atoms with Crippen molar-refractivity contribution in [2.24, 2.45) is 0 Å². The molecule has 0 aliphatic heterocycles. The minimum Gasteiger partial charge on any atom is -0.491 e. The van der Waals surface area contributed by atoms with E-state index in [0.717, 1.165) is 28.5 Å². The Labute approximate surface area is 196 Å². The van der Waals surface area contributed by atoms with E-state index in [1.54, 1.807) is 19.2 Å². The number of rotatable bonds is 9. The molecule has 1 amide bonds. The molecule has 0 bridgehead atoms. The smallest absolute Gasteiger partial charge is 0.229 e. The number of fused-ring (bicyclic) bond motifs is 1. The van der Waals surface area contributed by atoms with E-state index >= 15 is 0 Å². The van der Waals surface area contributed by atoms with Gasteiger partial charge in [0.25, 0.3) is 0 Å². The number of benzene rings is 2. The van der Waals surface area contributed by atoms with Crippen LogP contribution in [0.3, 0.4) is 0 Å². The topological polar surface area (TPSA) is 117 Å². The molecular weight excluding hydrogens is 437 g/mol. The average Bonchev–Trinajstić information content (AvgIpc) is 3.22.